The Hall–Kier alpha value is -6.55. The number of carbonyl (C=O) groups excluding carboxylic acids is 5. The Morgan fingerprint density at radius 3 is 1.02 bits per heavy atom. The van der Waals surface area contributed by atoms with Crippen molar-refractivity contribution >= 4 is 29.8 Å². The summed E-state index contributed by atoms with van der Waals surface area (Å²) in [7, 11) is 0. The van der Waals surface area contributed by atoms with Crippen molar-refractivity contribution in [1.29, 1.82) is 0 Å². The molecule has 0 saturated heterocycles. The molecule has 51 heavy (non-hydrogen) atoms. The molecule has 0 saturated carbocycles. The molecule has 10 heteroatoms. The molecule has 0 heterocycles. The van der Waals surface area contributed by atoms with Crippen LogP contribution in [-0.4, -0.2) is 61.4 Å². The molecule has 0 unspecified atom stereocenters. The third-order valence-corrected chi connectivity index (χ3v) is 7.53. The lowest BCUT2D eigenvalue weighted by Crippen LogP contribution is -2.43. The summed E-state index contributed by atoms with van der Waals surface area (Å²) >= 11 is 0. The number of benzene rings is 5. The molecular formula is C41H34O10. The lowest BCUT2D eigenvalue weighted by Gasteiger charge is -2.29. The fourth-order valence-corrected chi connectivity index (χ4v) is 4.90. The van der Waals surface area contributed by atoms with Gasteiger partial charge in [0, 0.05) is 6.42 Å². The van der Waals surface area contributed by atoms with Crippen LogP contribution in [0.3, 0.4) is 0 Å². The highest BCUT2D eigenvalue weighted by Gasteiger charge is 2.35. The molecule has 0 fully saturated rings. The van der Waals surface area contributed by atoms with Crippen LogP contribution in [0, 0.1) is 0 Å². The van der Waals surface area contributed by atoms with Crippen LogP contribution in [0.4, 0.5) is 0 Å². The van der Waals surface area contributed by atoms with Crippen LogP contribution in [0.15, 0.2) is 152 Å². The van der Waals surface area contributed by atoms with Crippen LogP contribution >= 0.6 is 0 Å². The van der Waals surface area contributed by atoms with Gasteiger partial charge in [-0.05, 0) is 60.7 Å². The van der Waals surface area contributed by atoms with Gasteiger partial charge < -0.3 is 23.7 Å². The Morgan fingerprint density at radius 1 is 0.353 bits per heavy atom. The molecule has 0 aliphatic rings. The predicted molar refractivity (Wildman–Crippen MR) is 185 cm³/mol. The quantitative estimate of drug-likeness (QED) is 0.0859. The maximum Gasteiger partial charge on any atom is 0.338 e. The Labute approximate surface area is 294 Å². The molecule has 0 aliphatic heterocycles. The van der Waals surface area contributed by atoms with Crippen LogP contribution in [0.1, 0.15) is 58.2 Å². The van der Waals surface area contributed by atoms with Gasteiger partial charge in [-0.1, -0.05) is 91.0 Å². The summed E-state index contributed by atoms with van der Waals surface area (Å²) in [5, 5.41) is 0. The zero-order valence-corrected chi connectivity index (χ0v) is 27.4. The highest BCUT2D eigenvalue weighted by molar-refractivity contribution is 5.92. The normalized spacial score (nSPS) is 12.3. The van der Waals surface area contributed by atoms with Crippen molar-refractivity contribution in [2.45, 2.75) is 24.7 Å². The van der Waals surface area contributed by atoms with E-state index in [1.807, 2.05) is 0 Å². The fraction of sp³-hybridized carbons (Fsp3) is 0.146. The van der Waals surface area contributed by atoms with Crippen LogP contribution in [0.25, 0.3) is 0 Å². The van der Waals surface area contributed by atoms with Gasteiger partial charge in [-0.25, -0.2) is 24.0 Å². The van der Waals surface area contributed by atoms with Crippen molar-refractivity contribution in [3.63, 3.8) is 0 Å². The largest absolute Gasteiger partial charge is 0.458 e. The molecule has 258 valence electrons. The first kappa shape index (κ1) is 35.7. The zero-order chi connectivity index (χ0) is 35.8. The molecule has 10 nitrogen and oxygen atoms in total. The van der Waals surface area contributed by atoms with Crippen molar-refractivity contribution in [3.05, 3.63) is 179 Å². The summed E-state index contributed by atoms with van der Waals surface area (Å²) in [5.41, 5.74) is 1.10. The Bertz CT molecular complexity index is 1880. The fourth-order valence-electron chi connectivity index (χ4n) is 4.90. The third-order valence-electron chi connectivity index (χ3n) is 7.53. The molecule has 5 rings (SSSR count). The molecule has 0 bridgehead atoms. The van der Waals surface area contributed by atoms with Crippen molar-refractivity contribution in [2.24, 2.45) is 0 Å². The highest BCUT2D eigenvalue weighted by atomic mass is 16.6. The minimum atomic E-state index is -1.40. The van der Waals surface area contributed by atoms with Gasteiger partial charge in [-0.2, -0.15) is 0 Å². The van der Waals surface area contributed by atoms with E-state index in [9.17, 15) is 24.0 Å². The molecule has 0 aromatic heterocycles. The van der Waals surface area contributed by atoms with Crippen LogP contribution in [-0.2, 0) is 23.7 Å². The summed E-state index contributed by atoms with van der Waals surface area (Å²) in [6.07, 6.45) is -4.32. The maximum atomic E-state index is 13.5. The summed E-state index contributed by atoms with van der Waals surface area (Å²) < 4.78 is 28.8. The number of rotatable bonds is 15. The molecule has 0 radical (unpaired) electrons. The van der Waals surface area contributed by atoms with Gasteiger partial charge in [0.25, 0.3) is 0 Å². The van der Waals surface area contributed by atoms with Crippen LogP contribution < -0.4 is 0 Å². The third kappa shape index (κ3) is 10.7. The smallest absolute Gasteiger partial charge is 0.338 e. The minimum absolute atomic E-state index is 0.185. The summed E-state index contributed by atoms with van der Waals surface area (Å²) in [6, 6.07) is 40.7. The monoisotopic (exact) mass is 686 g/mol. The van der Waals surface area contributed by atoms with E-state index in [4.69, 9.17) is 23.7 Å². The second-order valence-electron chi connectivity index (χ2n) is 11.2. The second kappa shape index (κ2) is 18.3. The van der Waals surface area contributed by atoms with Gasteiger partial charge in [-0.15, -0.1) is 0 Å². The van der Waals surface area contributed by atoms with E-state index < -0.39 is 61.4 Å². The number of hydrogen-bond donors (Lipinski definition) is 0. The Kier molecular flexibility index (Phi) is 12.8. The van der Waals surface area contributed by atoms with Gasteiger partial charge in [-0.3, -0.25) is 0 Å². The summed E-state index contributed by atoms with van der Waals surface area (Å²) in [5.74, 6) is -3.71. The first-order valence-corrected chi connectivity index (χ1v) is 16.1. The predicted octanol–water partition coefficient (Wildman–Crippen LogP) is 6.77. The van der Waals surface area contributed by atoms with E-state index in [1.54, 1.807) is 127 Å². The second-order valence-corrected chi connectivity index (χ2v) is 11.2. The molecular weight excluding hydrogens is 652 g/mol. The van der Waals surface area contributed by atoms with Crippen molar-refractivity contribution in [1.82, 2.24) is 0 Å². The molecule has 3 atom stereocenters. The van der Waals surface area contributed by atoms with Crippen molar-refractivity contribution < 1.29 is 47.7 Å². The average molecular weight is 687 g/mol. The number of hydrogen-bond acceptors (Lipinski definition) is 10. The van der Waals surface area contributed by atoms with E-state index in [0.29, 0.717) is 0 Å². The van der Waals surface area contributed by atoms with E-state index in [2.05, 4.69) is 0 Å². The SMILES string of the molecule is O=C(OC[C@H](C[C@H](OC(=O)c1ccccc1)[C@@H](COC(=O)c1ccccc1)OC(=O)c1ccccc1)OC(=O)c1ccccc1)c1ccccc1. The molecule has 5 aromatic carbocycles. The van der Waals surface area contributed by atoms with E-state index in [-0.39, 0.29) is 34.2 Å². The van der Waals surface area contributed by atoms with E-state index in [1.165, 1.54) is 24.3 Å². The van der Waals surface area contributed by atoms with Gasteiger partial charge in [0.05, 0.1) is 27.8 Å². The molecule has 5 aromatic rings. The molecule has 0 aliphatic carbocycles. The van der Waals surface area contributed by atoms with E-state index in [0.717, 1.165) is 0 Å². The standard InChI is InChI=1S/C41H34O10/c42-37(29-16-6-1-7-17-29)47-27-34(49-39(44)31-20-10-3-11-21-31)26-35(50-40(45)32-22-12-4-13-23-32)36(51-41(46)33-24-14-5-15-25-33)28-48-38(43)30-18-8-2-9-19-30/h1-25,34-36H,26-28H2/t34-,35-,36+/m0/s1. The highest BCUT2D eigenvalue weighted by Crippen LogP contribution is 2.21. The number of esters is 5. The lowest BCUT2D eigenvalue weighted by molar-refractivity contribution is -0.0771. The van der Waals surface area contributed by atoms with Gasteiger partial charge in [0.1, 0.15) is 25.4 Å². The van der Waals surface area contributed by atoms with Crippen molar-refractivity contribution in [3.8, 4) is 0 Å². The summed E-state index contributed by atoms with van der Waals surface area (Å²) in [4.78, 5) is 66.1. The van der Waals surface area contributed by atoms with Gasteiger partial charge >= 0.3 is 29.8 Å². The van der Waals surface area contributed by atoms with Gasteiger partial charge in [0.15, 0.2) is 6.10 Å². The van der Waals surface area contributed by atoms with Gasteiger partial charge in [0.2, 0.25) is 0 Å². The van der Waals surface area contributed by atoms with Crippen LogP contribution in [0.5, 0.6) is 0 Å². The summed E-state index contributed by atoms with van der Waals surface area (Å²) in [6.45, 7) is -0.989. The topological polar surface area (TPSA) is 132 Å². The average Bonchev–Trinajstić information content (AvgIpc) is 3.19. The first-order valence-electron chi connectivity index (χ1n) is 16.1. The number of carbonyl (C=O) groups is 5. The lowest BCUT2D eigenvalue weighted by atomic mass is 10.1. The molecule has 0 amide bonds. The minimum Gasteiger partial charge on any atom is -0.458 e. The first-order chi connectivity index (χ1) is 24.9. The maximum absolute atomic E-state index is 13.5. The zero-order valence-electron chi connectivity index (χ0n) is 27.4. The molecule has 0 spiro atoms. The van der Waals surface area contributed by atoms with Crippen LogP contribution in [0.2, 0.25) is 0 Å². The Balaban J connectivity index is 1.47. The van der Waals surface area contributed by atoms with Crippen molar-refractivity contribution in [2.75, 3.05) is 13.2 Å². The molecule has 0 N–H and O–H groups in total. The van der Waals surface area contributed by atoms with E-state index >= 15 is 0 Å². The Morgan fingerprint density at radius 2 is 0.647 bits per heavy atom. The number of ether oxygens (including phenoxy) is 5.